The Kier molecular flexibility index (Phi) is 5.41. The standard InChI is InChI=1S/C12H26N2O2S/c1-4-13-8-6-10-17(15,16)14-9-5-7-12(2,3)11-14/h13H,4-11H2,1-3H3. The first-order valence-corrected chi connectivity index (χ1v) is 8.17. The van der Waals surface area contributed by atoms with E-state index in [1.807, 2.05) is 6.92 Å². The Labute approximate surface area is 106 Å². The van der Waals surface area contributed by atoms with Crippen LogP contribution < -0.4 is 5.32 Å². The Morgan fingerprint density at radius 3 is 2.65 bits per heavy atom. The lowest BCUT2D eigenvalue weighted by Crippen LogP contribution is -2.44. The third-order valence-corrected chi connectivity index (χ3v) is 5.17. The molecule has 0 bridgehead atoms. The van der Waals surface area contributed by atoms with Crippen molar-refractivity contribution >= 4 is 10.0 Å². The van der Waals surface area contributed by atoms with E-state index < -0.39 is 10.0 Å². The molecule has 0 unspecified atom stereocenters. The van der Waals surface area contributed by atoms with Crippen molar-refractivity contribution in [3.8, 4) is 0 Å². The van der Waals surface area contributed by atoms with Crippen molar-refractivity contribution in [1.82, 2.24) is 9.62 Å². The minimum Gasteiger partial charge on any atom is -0.317 e. The Hall–Kier alpha value is -0.130. The van der Waals surface area contributed by atoms with Crippen molar-refractivity contribution in [1.29, 1.82) is 0 Å². The number of hydrogen-bond donors (Lipinski definition) is 1. The van der Waals surface area contributed by atoms with Crippen LogP contribution in [0.25, 0.3) is 0 Å². The van der Waals surface area contributed by atoms with Crippen molar-refractivity contribution in [3.05, 3.63) is 0 Å². The highest BCUT2D eigenvalue weighted by Crippen LogP contribution is 2.29. The molecule has 0 amide bonds. The molecule has 0 radical (unpaired) electrons. The van der Waals surface area contributed by atoms with E-state index in [-0.39, 0.29) is 11.2 Å². The molecule has 5 heteroatoms. The van der Waals surface area contributed by atoms with E-state index in [4.69, 9.17) is 0 Å². The van der Waals surface area contributed by atoms with Crippen molar-refractivity contribution in [2.24, 2.45) is 5.41 Å². The number of sulfonamides is 1. The molecule has 1 aliphatic heterocycles. The van der Waals surface area contributed by atoms with Gasteiger partial charge in [-0.25, -0.2) is 12.7 Å². The molecule has 0 spiro atoms. The van der Waals surface area contributed by atoms with E-state index in [1.54, 1.807) is 4.31 Å². The van der Waals surface area contributed by atoms with Gasteiger partial charge >= 0.3 is 0 Å². The van der Waals surface area contributed by atoms with Gasteiger partial charge in [-0.15, -0.1) is 0 Å². The van der Waals surface area contributed by atoms with E-state index in [1.165, 1.54) is 0 Å². The molecule has 1 heterocycles. The molecule has 0 aromatic carbocycles. The Balaban J connectivity index is 2.46. The van der Waals surface area contributed by atoms with Crippen molar-refractivity contribution < 1.29 is 8.42 Å². The summed E-state index contributed by atoms with van der Waals surface area (Å²) in [4.78, 5) is 0. The molecule has 0 aliphatic carbocycles. The van der Waals surface area contributed by atoms with Crippen LogP contribution in [0.15, 0.2) is 0 Å². The van der Waals surface area contributed by atoms with Gasteiger partial charge in [-0.2, -0.15) is 0 Å². The van der Waals surface area contributed by atoms with Crippen molar-refractivity contribution in [2.75, 3.05) is 31.9 Å². The van der Waals surface area contributed by atoms with E-state index in [9.17, 15) is 8.42 Å². The molecule has 0 atom stereocenters. The largest absolute Gasteiger partial charge is 0.317 e. The maximum absolute atomic E-state index is 12.1. The molecule has 0 aromatic rings. The van der Waals surface area contributed by atoms with E-state index in [0.717, 1.165) is 25.9 Å². The molecule has 1 saturated heterocycles. The first-order valence-electron chi connectivity index (χ1n) is 6.56. The van der Waals surface area contributed by atoms with Crippen LogP contribution in [0, 0.1) is 5.41 Å². The molecular formula is C12H26N2O2S. The maximum Gasteiger partial charge on any atom is 0.214 e. The fraction of sp³-hybridized carbons (Fsp3) is 1.00. The summed E-state index contributed by atoms with van der Waals surface area (Å²) in [5.74, 6) is 0.274. The number of piperidine rings is 1. The van der Waals surface area contributed by atoms with E-state index >= 15 is 0 Å². The first kappa shape index (κ1) is 14.9. The van der Waals surface area contributed by atoms with Crippen LogP contribution in [0.1, 0.15) is 40.0 Å². The second kappa shape index (κ2) is 6.16. The highest BCUT2D eigenvalue weighted by Gasteiger charge is 2.32. The van der Waals surface area contributed by atoms with Gasteiger partial charge in [0.2, 0.25) is 10.0 Å². The summed E-state index contributed by atoms with van der Waals surface area (Å²) in [6.07, 6.45) is 2.81. The van der Waals surface area contributed by atoms with Crippen LogP contribution >= 0.6 is 0 Å². The van der Waals surface area contributed by atoms with Crippen molar-refractivity contribution in [2.45, 2.75) is 40.0 Å². The SMILES string of the molecule is CCNCCCS(=O)(=O)N1CCCC(C)(C)C1. The van der Waals surface area contributed by atoms with Crippen LogP contribution in [-0.2, 0) is 10.0 Å². The van der Waals surface area contributed by atoms with Gasteiger partial charge in [-0.3, -0.25) is 0 Å². The number of hydrogen-bond acceptors (Lipinski definition) is 3. The summed E-state index contributed by atoms with van der Waals surface area (Å²) in [5.41, 5.74) is 0.132. The number of rotatable bonds is 6. The molecule has 1 fully saturated rings. The third-order valence-electron chi connectivity index (χ3n) is 3.26. The molecule has 0 saturated carbocycles. The predicted molar refractivity (Wildman–Crippen MR) is 71.5 cm³/mol. The Bertz CT molecular complexity index is 325. The van der Waals surface area contributed by atoms with Gasteiger partial charge in [0, 0.05) is 13.1 Å². The van der Waals surface area contributed by atoms with E-state index in [2.05, 4.69) is 19.2 Å². The zero-order chi connectivity index (χ0) is 12.9. The van der Waals surface area contributed by atoms with Crippen LogP contribution in [0.4, 0.5) is 0 Å². The molecule has 1 N–H and O–H groups in total. The van der Waals surface area contributed by atoms with Crippen LogP contribution in [0.3, 0.4) is 0 Å². The first-order chi connectivity index (χ1) is 7.87. The molecule has 1 rings (SSSR count). The molecule has 0 aromatic heterocycles. The monoisotopic (exact) mass is 262 g/mol. The molecule has 1 aliphatic rings. The lowest BCUT2D eigenvalue weighted by Gasteiger charge is -2.37. The highest BCUT2D eigenvalue weighted by atomic mass is 32.2. The fourth-order valence-corrected chi connectivity index (χ4v) is 4.01. The van der Waals surface area contributed by atoms with Gasteiger partial charge < -0.3 is 5.32 Å². The quantitative estimate of drug-likeness (QED) is 0.737. The maximum atomic E-state index is 12.1. The van der Waals surface area contributed by atoms with Crippen molar-refractivity contribution in [3.63, 3.8) is 0 Å². The van der Waals surface area contributed by atoms with Gasteiger partial charge in [0.1, 0.15) is 0 Å². The topological polar surface area (TPSA) is 49.4 Å². The third kappa shape index (κ3) is 4.94. The minimum atomic E-state index is -3.04. The zero-order valence-electron chi connectivity index (χ0n) is 11.3. The second-order valence-electron chi connectivity index (χ2n) is 5.62. The van der Waals surface area contributed by atoms with E-state index in [0.29, 0.717) is 19.5 Å². The van der Waals surface area contributed by atoms with Crippen LogP contribution in [-0.4, -0.2) is 44.7 Å². The lowest BCUT2D eigenvalue weighted by atomic mass is 9.85. The zero-order valence-corrected chi connectivity index (χ0v) is 12.1. The Morgan fingerprint density at radius 2 is 2.06 bits per heavy atom. The molecular weight excluding hydrogens is 236 g/mol. The lowest BCUT2D eigenvalue weighted by molar-refractivity contribution is 0.187. The van der Waals surface area contributed by atoms with Crippen LogP contribution in [0.2, 0.25) is 0 Å². The molecule has 102 valence electrons. The Morgan fingerprint density at radius 1 is 1.35 bits per heavy atom. The van der Waals surface area contributed by atoms with Gasteiger partial charge in [0.15, 0.2) is 0 Å². The average molecular weight is 262 g/mol. The summed E-state index contributed by atoms with van der Waals surface area (Å²) in [5, 5.41) is 3.16. The second-order valence-corrected chi connectivity index (χ2v) is 7.71. The fourth-order valence-electron chi connectivity index (χ4n) is 2.29. The van der Waals surface area contributed by atoms with Gasteiger partial charge in [0.25, 0.3) is 0 Å². The average Bonchev–Trinajstić information content (AvgIpc) is 2.23. The van der Waals surface area contributed by atoms with Gasteiger partial charge in [-0.1, -0.05) is 20.8 Å². The van der Waals surface area contributed by atoms with Gasteiger partial charge in [-0.05, 0) is 37.8 Å². The smallest absolute Gasteiger partial charge is 0.214 e. The van der Waals surface area contributed by atoms with Crippen LogP contribution in [0.5, 0.6) is 0 Å². The molecule has 17 heavy (non-hydrogen) atoms. The summed E-state index contributed by atoms with van der Waals surface area (Å²) >= 11 is 0. The summed E-state index contributed by atoms with van der Waals surface area (Å²) in [7, 11) is -3.04. The van der Waals surface area contributed by atoms with Gasteiger partial charge in [0.05, 0.1) is 5.75 Å². The summed E-state index contributed by atoms with van der Waals surface area (Å²) < 4.78 is 26.0. The number of nitrogens with one attached hydrogen (secondary N) is 1. The molecule has 4 nitrogen and oxygen atoms in total. The highest BCUT2D eigenvalue weighted by molar-refractivity contribution is 7.89. The normalized spacial score (nSPS) is 21.6. The predicted octanol–water partition coefficient (Wildman–Crippen LogP) is 1.44. The number of nitrogens with zero attached hydrogens (tertiary/aromatic N) is 1. The minimum absolute atomic E-state index is 0.132. The summed E-state index contributed by atoms with van der Waals surface area (Å²) in [6.45, 7) is 9.38. The summed E-state index contributed by atoms with van der Waals surface area (Å²) in [6, 6.07) is 0.